The van der Waals surface area contributed by atoms with Crippen LogP contribution in [0.2, 0.25) is 19.7 Å². The van der Waals surface area contributed by atoms with E-state index in [1.165, 1.54) is 11.3 Å². The van der Waals surface area contributed by atoms with Crippen LogP contribution in [0.3, 0.4) is 0 Å². The molecule has 5 nitrogen and oxygen atoms in total. The molecule has 1 aromatic carbocycles. The molecule has 4 rings (SSSR count). The Morgan fingerprint density at radius 2 is 1.66 bits per heavy atom. The lowest BCUT2D eigenvalue weighted by atomic mass is 10.1. The van der Waals surface area contributed by atoms with Crippen LogP contribution < -0.4 is 10.2 Å². The predicted octanol–water partition coefficient (Wildman–Crippen LogP) is 7.09. The summed E-state index contributed by atoms with van der Waals surface area (Å²) in [6.07, 6.45) is 3.48. The maximum Gasteiger partial charge on any atom is 0.564 e. The second-order valence-electron chi connectivity index (χ2n) is 6.35. The van der Waals surface area contributed by atoms with Crippen LogP contribution in [0.4, 0.5) is 0 Å². The average molecular weight is 630 g/mol. The molecule has 4 aromatic rings. The summed E-state index contributed by atoms with van der Waals surface area (Å²) in [6, 6.07) is 6.76. The Labute approximate surface area is 226 Å². The van der Waals surface area contributed by atoms with Gasteiger partial charge in [0, 0.05) is 21.1 Å². The van der Waals surface area contributed by atoms with E-state index in [1.807, 2.05) is 19.3 Å². The van der Waals surface area contributed by atoms with Crippen molar-refractivity contribution in [1.82, 2.24) is 14.1 Å². The number of hydrogen-bond donors (Lipinski definition) is 0. The van der Waals surface area contributed by atoms with Crippen LogP contribution in [0.1, 0.15) is 4.88 Å². The Morgan fingerprint density at radius 1 is 1.06 bits per heavy atom. The third-order valence-corrected chi connectivity index (χ3v) is 5.98. The number of thiazole rings is 1. The van der Waals surface area contributed by atoms with Gasteiger partial charge in [0.05, 0.1) is 18.2 Å². The Balaban J connectivity index is 0.000000523. The van der Waals surface area contributed by atoms with E-state index in [0.29, 0.717) is 37.8 Å². The van der Waals surface area contributed by atoms with Crippen molar-refractivity contribution in [2.45, 2.75) is 6.54 Å². The first-order valence-corrected chi connectivity index (χ1v) is 17.9. The topological polar surface area (TPSA) is 43.2 Å². The van der Waals surface area contributed by atoms with Gasteiger partial charge in [-0.05, 0) is 23.8 Å². The van der Waals surface area contributed by atoms with E-state index in [9.17, 15) is 4.79 Å². The molecule has 3 aromatic heterocycles. The zero-order valence-corrected chi connectivity index (χ0v) is 23.9. The standard InChI is InChI=1S/C17H11Cl4N4OS.Al.4ClH/c1-23-3-2-13-24(8-12-7-22-17(21)27-12)16(26)14(15(20)25(13)23)9-4-10(18)6-11(19)5-9;;;;;/h2-7H,8H2,1H3;;4*1H/q+1;+3;;;;/p-4. The molecule has 170 valence electrons. The summed E-state index contributed by atoms with van der Waals surface area (Å²) in [6.45, 7) is 0.315. The molecule has 0 aliphatic rings. The van der Waals surface area contributed by atoms with Gasteiger partial charge in [-0.3, -0.25) is 9.36 Å². The molecular weight excluding hydrogens is 619 g/mol. The van der Waals surface area contributed by atoms with E-state index in [4.69, 9.17) is 86.6 Å². The lowest BCUT2D eigenvalue weighted by Gasteiger charge is -2.12. The highest BCUT2D eigenvalue weighted by molar-refractivity contribution is 7.81. The zero-order valence-electron chi connectivity index (χ0n) is 15.9. The molecule has 0 spiro atoms. The fraction of sp³-hybridized carbons (Fsp3) is 0.118. The monoisotopic (exact) mass is 626 g/mol. The van der Waals surface area contributed by atoms with Gasteiger partial charge in [-0.15, -0.1) is 16.0 Å². The maximum atomic E-state index is 13.4. The Morgan fingerprint density at radius 3 is 2.19 bits per heavy atom. The van der Waals surface area contributed by atoms with Crippen molar-refractivity contribution in [3.05, 3.63) is 71.6 Å². The summed E-state index contributed by atoms with van der Waals surface area (Å²) in [7, 11) is 18.9. The van der Waals surface area contributed by atoms with Gasteiger partial charge in [0.15, 0.2) is 28.5 Å². The van der Waals surface area contributed by atoms with Crippen LogP contribution in [-0.4, -0.2) is 23.5 Å². The number of aromatic nitrogens is 4. The first-order chi connectivity index (χ1) is 14.8. The van der Waals surface area contributed by atoms with Gasteiger partial charge < -0.3 is 40.2 Å². The van der Waals surface area contributed by atoms with Crippen molar-refractivity contribution in [3.8, 4) is 11.1 Å². The van der Waals surface area contributed by atoms with Crippen LogP contribution >= 0.6 is 97.9 Å². The Hall–Kier alpha value is 0.122. The van der Waals surface area contributed by atoms with E-state index < -0.39 is 9.39 Å². The van der Waals surface area contributed by atoms with E-state index in [0.717, 1.165) is 4.88 Å². The summed E-state index contributed by atoms with van der Waals surface area (Å²) in [4.78, 5) is 18.3. The average Bonchev–Trinajstić information content (AvgIpc) is 3.22. The number of nitrogens with zero attached hydrogens (tertiary/aromatic N) is 4. The van der Waals surface area contributed by atoms with Crippen LogP contribution in [0.5, 0.6) is 0 Å². The first-order valence-electron chi connectivity index (χ1n) is 8.59. The van der Waals surface area contributed by atoms with Crippen molar-refractivity contribution in [2.75, 3.05) is 0 Å². The minimum absolute atomic E-state index is 0.256. The molecule has 0 N–H and O–H groups in total. The van der Waals surface area contributed by atoms with Gasteiger partial charge >= 0.3 is 9.39 Å². The lowest BCUT2D eigenvalue weighted by molar-refractivity contribution is -0.737. The van der Waals surface area contributed by atoms with E-state index in [-0.39, 0.29) is 10.7 Å². The highest BCUT2D eigenvalue weighted by Gasteiger charge is 2.23. The smallest absolute Gasteiger partial charge is 0.391 e. The summed E-state index contributed by atoms with van der Waals surface area (Å²) in [5.41, 5.74) is 1.26. The van der Waals surface area contributed by atoms with Gasteiger partial charge in [0.25, 0.3) is 5.56 Å². The second kappa shape index (κ2) is 10.8. The molecule has 32 heavy (non-hydrogen) atoms. The quantitative estimate of drug-likeness (QED) is 0.138. The second-order valence-corrected chi connectivity index (χ2v) is 22.1. The molecule has 0 radical (unpaired) electrons. The van der Waals surface area contributed by atoms with Crippen LogP contribution in [0, 0.1) is 0 Å². The molecule has 3 heterocycles. The van der Waals surface area contributed by atoms with Gasteiger partial charge in [0.1, 0.15) is 0 Å². The van der Waals surface area contributed by atoms with Crippen molar-refractivity contribution in [3.63, 3.8) is 0 Å². The third kappa shape index (κ3) is 6.62. The molecule has 0 saturated heterocycles. The molecule has 0 saturated carbocycles. The van der Waals surface area contributed by atoms with Crippen molar-refractivity contribution < 1.29 is 4.68 Å². The number of rotatable bonds is 3. The largest absolute Gasteiger partial charge is 0.564 e. The van der Waals surface area contributed by atoms with Crippen molar-refractivity contribution >= 4 is 113 Å². The van der Waals surface area contributed by atoms with Gasteiger partial charge in [-0.1, -0.05) is 50.9 Å². The van der Waals surface area contributed by atoms with Gasteiger partial charge in [0.2, 0.25) is 0 Å². The van der Waals surface area contributed by atoms with E-state index in [1.54, 1.807) is 38.2 Å². The first kappa shape index (κ1) is 26.7. The van der Waals surface area contributed by atoms with Crippen molar-refractivity contribution in [2.24, 2.45) is 7.05 Å². The molecule has 0 fully saturated rings. The summed E-state index contributed by atoms with van der Waals surface area (Å²) in [5.74, 6) is 0. The number of halogens is 8. The molecule has 0 amide bonds. The van der Waals surface area contributed by atoms with Gasteiger partial charge in [-0.25, -0.2) is 4.98 Å². The minimum Gasteiger partial charge on any atom is -0.391 e. The van der Waals surface area contributed by atoms with Crippen molar-refractivity contribution in [1.29, 1.82) is 0 Å². The minimum atomic E-state index is -2.94. The highest BCUT2D eigenvalue weighted by Crippen LogP contribution is 2.30. The highest BCUT2D eigenvalue weighted by atomic mass is 35.9. The third-order valence-electron chi connectivity index (χ3n) is 4.09. The zero-order chi connectivity index (χ0) is 23.8. The summed E-state index contributed by atoms with van der Waals surface area (Å²) >= 11 is 26.2. The van der Waals surface area contributed by atoms with Gasteiger partial charge in [-0.2, -0.15) is 0 Å². The fourth-order valence-corrected chi connectivity index (χ4v) is 4.84. The fourth-order valence-electron chi connectivity index (χ4n) is 2.96. The molecule has 0 aliphatic heterocycles. The number of benzene rings is 1. The Kier molecular flexibility index (Phi) is 9.02. The molecular formula is C17H11AlCl8N4OS. The summed E-state index contributed by atoms with van der Waals surface area (Å²) in [5, 5.41) is 1.12. The summed E-state index contributed by atoms with van der Waals surface area (Å²) < 4.78 is 5.59. The number of aryl methyl sites for hydroxylation is 1. The predicted molar refractivity (Wildman–Crippen MR) is 139 cm³/mol. The molecule has 0 aliphatic carbocycles. The number of hydrogen-bond acceptors (Lipinski definition) is 3. The van der Waals surface area contributed by atoms with Crippen LogP contribution in [-0.2, 0) is 13.6 Å². The SMILES string of the molecule is C[n+]1ccc2n(Cc3cnc(Cl)s3)c(=O)c(-c3cc(Cl)cc(Cl)c3)c(Cl)n21.[Cl][Al-]([Cl])([Cl])[Cl]. The number of fused-ring (bicyclic) bond motifs is 1. The molecule has 15 heteroatoms. The molecule has 0 bridgehead atoms. The molecule has 0 atom stereocenters. The van der Waals surface area contributed by atoms with E-state index in [2.05, 4.69) is 4.98 Å². The van der Waals surface area contributed by atoms with E-state index >= 15 is 0 Å². The van der Waals surface area contributed by atoms with Crippen LogP contribution in [0.15, 0.2) is 41.5 Å². The molecule has 0 unspecified atom stereocenters. The normalized spacial score (nSPS) is 11.5. The lowest BCUT2D eigenvalue weighted by Crippen LogP contribution is -2.37. The van der Waals surface area contributed by atoms with Crippen LogP contribution in [0.25, 0.3) is 16.8 Å². The Bertz CT molecular complexity index is 1320. The maximum absolute atomic E-state index is 13.4.